The Bertz CT molecular complexity index is 1310. The largest absolute Gasteiger partial charge is 0.508 e. The van der Waals surface area contributed by atoms with Gasteiger partial charge < -0.3 is 42.0 Å². The summed E-state index contributed by atoms with van der Waals surface area (Å²) in [7, 11) is 0. The van der Waals surface area contributed by atoms with Crippen molar-refractivity contribution in [3.05, 3.63) is 65.9 Å². The number of aromatic amines is 1. The van der Waals surface area contributed by atoms with Gasteiger partial charge in [-0.1, -0.05) is 30.3 Å². The topological polar surface area (TPSA) is 207 Å². The van der Waals surface area contributed by atoms with Gasteiger partial charge in [0.25, 0.3) is 0 Å². The van der Waals surface area contributed by atoms with E-state index in [1.165, 1.54) is 12.1 Å². The number of thiol groups is 1. The number of aliphatic hydroxyl groups is 1. The average molecular weight is 558 g/mol. The number of aromatic hydroxyl groups is 1. The van der Waals surface area contributed by atoms with Gasteiger partial charge in [-0.25, -0.2) is 4.79 Å². The highest BCUT2D eigenvalue weighted by molar-refractivity contribution is 7.80. The van der Waals surface area contributed by atoms with E-state index in [0.717, 1.165) is 10.9 Å². The lowest BCUT2D eigenvalue weighted by molar-refractivity contribution is -0.141. The van der Waals surface area contributed by atoms with Crippen molar-refractivity contribution in [2.75, 3.05) is 12.4 Å². The molecule has 0 spiro atoms. The molecule has 3 aromatic rings. The fourth-order valence-electron chi connectivity index (χ4n) is 3.90. The van der Waals surface area contributed by atoms with E-state index in [4.69, 9.17) is 5.73 Å². The number of nitrogens with two attached hydrogens (primary N) is 1. The van der Waals surface area contributed by atoms with Crippen molar-refractivity contribution >= 4 is 47.2 Å². The minimum Gasteiger partial charge on any atom is -0.508 e. The summed E-state index contributed by atoms with van der Waals surface area (Å²) in [6.45, 7) is -0.648. The maximum absolute atomic E-state index is 13.5. The van der Waals surface area contributed by atoms with Gasteiger partial charge in [-0.15, -0.1) is 0 Å². The van der Waals surface area contributed by atoms with Crippen molar-refractivity contribution in [3.63, 3.8) is 0 Å². The lowest BCUT2D eigenvalue weighted by atomic mass is 10.0. The standard InChI is InChI=1S/C26H31N5O7S/c27-18(12-32)23(34)29-20(9-14-5-7-16(33)8-6-14)24(35)30-21(25(36)31-22(13-39)26(37)38)10-15-11-28-19-4-2-1-3-17(15)19/h1-8,11,18,20-22,28,32-33,39H,9-10,12-13,27H2,(H,29,34)(H,30,35)(H,31,36)(H,37,38). The molecular weight excluding hydrogens is 526 g/mol. The smallest absolute Gasteiger partial charge is 0.327 e. The van der Waals surface area contributed by atoms with Crippen LogP contribution in [0.5, 0.6) is 5.75 Å². The van der Waals surface area contributed by atoms with Gasteiger partial charge in [0.15, 0.2) is 0 Å². The first-order valence-corrected chi connectivity index (χ1v) is 12.7. The zero-order valence-corrected chi connectivity index (χ0v) is 21.7. The number of para-hydroxylation sites is 1. The predicted octanol–water partition coefficient (Wildman–Crippen LogP) is -0.553. The molecule has 0 aliphatic heterocycles. The van der Waals surface area contributed by atoms with Gasteiger partial charge in [-0.2, -0.15) is 12.6 Å². The number of aliphatic hydroxyl groups excluding tert-OH is 1. The molecule has 1 aromatic heterocycles. The van der Waals surface area contributed by atoms with Crippen molar-refractivity contribution < 1.29 is 34.5 Å². The Hall–Kier alpha value is -4.07. The number of nitrogens with one attached hydrogen (secondary N) is 4. The van der Waals surface area contributed by atoms with E-state index in [9.17, 15) is 34.5 Å². The molecule has 208 valence electrons. The highest BCUT2D eigenvalue weighted by atomic mass is 32.1. The van der Waals surface area contributed by atoms with Crippen LogP contribution < -0.4 is 21.7 Å². The van der Waals surface area contributed by atoms with E-state index in [1.807, 2.05) is 24.3 Å². The minimum absolute atomic E-state index is 0.0104. The highest BCUT2D eigenvalue weighted by Crippen LogP contribution is 2.19. The number of rotatable bonds is 13. The number of hydrogen-bond acceptors (Lipinski definition) is 8. The van der Waals surface area contributed by atoms with Gasteiger partial charge in [0, 0.05) is 35.7 Å². The van der Waals surface area contributed by atoms with Gasteiger partial charge >= 0.3 is 5.97 Å². The molecule has 3 rings (SSSR count). The van der Waals surface area contributed by atoms with Crippen molar-refractivity contribution in [1.29, 1.82) is 0 Å². The highest BCUT2D eigenvalue weighted by Gasteiger charge is 2.31. The Balaban J connectivity index is 1.89. The molecule has 0 aliphatic carbocycles. The van der Waals surface area contributed by atoms with Crippen LogP contribution in [0.1, 0.15) is 11.1 Å². The third kappa shape index (κ3) is 7.96. The summed E-state index contributed by atoms with van der Waals surface area (Å²) in [6, 6.07) is 8.32. The van der Waals surface area contributed by atoms with Crippen LogP contribution in [0.2, 0.25) is 0 Å². The molecule has 3 amide bonds. The lowest BCUT2D eigenvalue weighted by Gasteiger charge is -2.25. The third-order valence-corrected chi connectivity index (χ3v) is 6.44. The molecule has 2 aromatic carbocycles. The van der Waals surface area contributed by atoms with Crippen LogP contribution in [0.25, 0.3) is 10.9 Å². The van der Waals surface area contributed by atoms with Crippen LogP contribution in [-0.4, -0.2) is 80.5 Å². The minimum atomic E-state index is -1.29. The number of aromatic nitrogens is 1. The van der Waals surface area contributed by atoms with E-state index in [0.29, 0.717) is 11.1 Å². The summed E-state index contributed by atoms with van der Waals surface area (Å²) >= 11 is 3.98. The van der Waals surface area contributed by atoms with Crippen LogP contribution in [-0.2, 0) is 32.0 Å². The SMILES string of the molecule is NC(CO)C(=O)NC(Cc1ccc(O)cc1)C(=O)NC(Cc1c[nH]c2ccccc12)C(=O)NC(CS)C(=O)O. The van der Waals surface area contributed by atoms with E-state index in [1.54, 1.807) is 18.3 Å². The van der Waals surface area contributed by atoms with E-state index >= 15 is 0 Å². The summed E-state index contributed by atoms with van der Waals surface area (Å²) in [5.74, 6) is -3.72. The van der Waals surface area contributed by atoms with Gasteiger partial charge in [-0.3, -0.25) is 14.4 Å². The van der Waals surface area contributed by atoms with E-state index < -0.39 is 54.5 Å². The Morgan fingerprint density at radius 3 is 2.08 bits per heavy atom. The summed E-state index contributed by atoms with van der Waals surface area (Å²) < 4.78 is 0. The maximum Gasteiger partial charge on any atom is 0.327 e. The zero-order chi connectivity index (χ0) is 28.5. The molecule has 1 heterocycles. The molecule has 0 bridgehead atoms. The number of fused-ring (bicyclic) bond motifs is 1. The number of aliphatic carboxylic acids is 1. The van der Waals surface area contributed by atoms with Gasteiger partial charge in [0.05, 0.1) is 6.61 Å². The molecule has 0 aliphatic rings. The van der Waals surface area contributed by atoms with Crippen molar-refractivity contribution in [1.82, 2.24) is 20.9 Å². The molecule has 4 unspecified atom stereocenters. The zero-order valence-electron chi connectivity index (χ0n) is 20.8. The first kappa shape index (κ1) is 29.5. The molecule has 0 fully saturated rings. The molecule has 0 saturated carbocycles. The molecule has 39 heavy (non-hydrogen) atoms. The van der Waals surface area contributed by atoms with Gasteiger partial charge in [0.2, 0.25) is 17.7 Å². The maximum atomic E-state index is 13.5. The van der Waals surface area contributed by atoms with Crippen molar-refractivity contribution in [2.45, 2.75) is 37.0 Å². The second-order valence-corrected chi connectivity index (χ2v) is 9.29. The number of phenols is 1. The Labute approximate surface area is 229 Å². The fourth-order valence-corrected chi connectivity index (χ4v) is 4.15. The lowest BCUT2D eigenvalue weighted by Crippen LogP contribution is -2.58. The first-order chi connectivity index (χ1) is 18.6. The molecular formula is C26H31N5O7S. The van der Waals surface area contributed by atoms with Crippen LogP contribution in [0, 0.1) is 0 Å². The van der Waals surface area contributed by atoms with Gasteiger partial charge in [0.1, 0.15) is 29.9 Å². The number of H-pyrrole nitrogens is 1. The second-order valence-electron chi connectivity index (χ2n) is 8.93. The average Bonchev–Trinajstić information content (AvgIpc) is 3.33. The number of carbonyl (C=O) groups is 4. The number of amides is 3. The second kappa shape index (κ2) is 13.6. The summed E-state index contributed by atoms with van der Waals surface area (Å²) in [4.78, 5) is 53.7. The first-order valence-electron chi connectivity index (χ1n) is 12.1. The monoisotopic (exact) mass is 557 g/mol. The molecule has 4 atom stereocenters. The van der Waals surface area contributed by atoms with Crippen LogP contribution in [0.3, 0.4) is 0 Å². The normalized spacial score (nSPS) is 14.1. The summed E-state index contributed by atoms with van der Waals surface area (Å²) in [6.07, 6.45) is 1.68. The quantitative estimate of drug-likeness (QED) is 0.124. The fraction of sp³-hybridized carbons (Fsp3) is 0.308. The predicted molar refractivity (Wildman–Crippen MR) is 146 cm³/mol. The van der Waals surface area contributed by atoms with Crippen LogP contribution >= 0.6 is 12.6 Å². The molecule has 0 saturated heterocycles. The van der Waals surface area contributed by atoms with E-state index in [-0.39, 0.29) is 24.3 Å². The van der Waals surface area contributed by atoms with E-state index in [2.05, 4.69) is 33.6 Å². The molecule has 12 nitrogen and oxygen atoms in total. The number of phenolic OH excluding ortho intramolecular Hbond substituents is 1. The number of benzene rings is 2. The number of hydrogen-bond donors (Lipinski definition) is 9. The van der Waals surface area contributed by atoms with Crippen LogP contribution in [0.15, 0.2) is 54.7 Å². The van der Waals surface area contributed by atoms with Crippen LogP contribution in [0.4, 0.5) is 0 Å². The Kier molecular flexibility index (Phi) is 10.3. The summed E-state index contributed by atoms with van der Waals surface area (Å²) in [5, 5.41) is 36.5. The Morgan fingerprint density at radius 2 is 1.46 bits per heavy atom. The van der Waals surface area contributed by atoms with Crippen molar-refractivity contribution in [2.24, 2.45) is 5.73 Å². The Morgan fingerprint density at radius 1 is 0.872 bits per heavy atom. The number of carboxylic acids is 1. The molecule has 13 heteroatoms. The number of carboxylic acid groups (broad SMARTS) is 1. The number of carbonyl (C=O) groups excluding carboxylic acids is 3. The van der Waals surface area contributed by atoms with Gasteiger partial charge in [-0.05, 0) is 29.3 Å². The molecule has 9 N–H and O–H groups in total. The van der Waals surface area contributed by atoms with Crippen molar-refractivity contribution in [3.8, 4) is 5.75 Å². The summed E-state index contributed by atoms with van der Waals surface area (Å²) in [5.41, 5.74) is 7.71. The third-order valence-electron chi connectivity index (χ3n) is 6.07. The molecule has 0 radical (unpaired) electrons.